The molecular weight excluding hydrogens is 100 g/mol. The minimum absolute atomic E-state index is 1.07. The molecule has 50 valence electrons. The van der Waals surface area contributed by atoms with Crippen LogP contribution in [-0.4, -0.2) is 26.7 Å². The normalized spacial score (nSPS) is 15.8. The van der Waals surface area contributed by atoms with Gasteiger partial charge in [0.1, 0.15) is 0 Å². The standard InChI is InChI=1S/C3H7N.C3H9N/c1-2-4-3-1;1-3-4-2/h4H,1-3H2;4H,3H2,1-2H3. The lowest BCUT2D eigenvalue weighted by Gasteiger charge is -2.09. The molecule has 0 spiro atoms. The van der Waals surface area contributed by atoms with Crippen molar-refractivity contribution in [3.05, 3.63) is 0 Å². The first-order chi connectivity index (χ1) is 3.91. The zero-order valence-corrected chi connectivity index (χ0v) is 5.83. The Kier molecular flexibility index (Phi) is 6.85. The van der Waals surface area contributed by atoms with E-state index >= 15 is 0 Å². The molecule has 0 aromatic rings. The summed E-state index contributed by atoms with van der Waals surface area (Å²) in [5.41, 5.74) is 0. The fourth-order valence-electron chi connectivity index (χ4n) is 0.177. The maximum Gasteiger partial charge on any atom is -0.00368 e. The molecule has 1 rings (SSSR count). The summed E-state index contributed by atoms with van der Waals surface area (Å²) in [6, 6.07) is 0. The van der Waals surface area contributed by atoms with Crippen molar-refractivity contribution < 1.29 is 0 Å². The van der Waals surface area contributed by atoms with E-state index in [9.17, 15) is 0 Å². The van der Waals surface area contributed by atoms with E-state index in [0.717, 1.165) is 6.54 Å². The van der Waals surface area contributed by atoms with Crippen LogP contribution in [0.4, 0.5) is 0 Å². The van der Waals surface area contributed by atoms with E-state index in [0.29, 0.717) is 0 Å². The lowest BCUT2D eigenvalue weighted by atomic mass is 10.3. The summed E-state index contributed by atoms with van der Waals surface area (Å²) >= 11 is 0. The number of rotatable bonds is 1. The van der Waals surface area contributed by atoms with E-state index in [1.807, 2.05) is 7.05 Å². The van der Waals surface area contributed by atoms with E-state index in [1.165, 1.54) is 19.5 Å². The highest BCUT2D eigenvalue weighted by Crippen LogP contribution is 1.80. The zero-order valence-electron chi connectivity index (χ0n) is 5.83. The van der Waals surface area contributed by atoms with Crippen molar-refractivity contribution >= 4 is 0 Å². The Balaban J connectivity index is 0.000000122. The quantitative estimate of drug-likeness (QED) is 0.511. The summed E-state index contributed by atoms with van der Waals surface area (Å²) in [7, 11) is 1.93. The maximum atomic E-state index is 3.11. The highest BCUT2D eigenvalue weighted by molar-refractivity contribution is 4.56. The minimum Gasteiger partial charge on any atom is -0.320 e. The van der Waals surface area contributed by atoms with Crippen molar-refractivity contribution in [2.45, 2.75) is 13.3 Å². The van der Waals surface area contributed by atoms with Crippen LogP contribution in [0.1, 0.15) is 13.3 Å². The first-order valence-electron chi connectivity index (χ1n) is 3.27. The topological polar surface area (TPSA) is 24.1 Å². The Hall–Kier alpha value is -0.0800. The second-order valence-corrected chi connectivity index (χ2v) is 1.81. The molecule has 0 unspecified atom stereocenters. The van der Waals surface area contributed by atoms with Crippen molar-refractivity contribution in [2.75, 3.05) is 26.7 Å². The SMILES string of the molecule is C1CNC1.CCNC. The molecule has 0 radical (unpaired) electrons. The number of hydrogen-bond donors (Lipinski definition) is 2. The van der Waals surface area contributed by atoms with Gasteiger partial charge >= 0.3 is 0 Å². The summed E-state index contributed by atoms with van der Waals surface area (Å²) in [5, 5.41) is 6.04. The summed E-state index contributed by atoms with van der Waals surface area (Å²) in [4.78, 5) is 0. The molecular formula is C6H16N2. The van der Waals surface area contributed by atoms with Gasteiger partial charge in [0.2, 0.25) is 0 Å². The summed E-state index contributed by atoms with van der Waals surface area (Å²) in [5.74, 6) is 0. The van der Waals surface area contributed by atoms with Crippen LogP contribution in [0.25, 0.3) is 0 Å². The second kappa shape index (κ2) is 6.92. The van der Waals surface area contributed by atoms with Crippen LogP contribution in [0.15, 0.2) is 0 Å². The van der Waals surface area contributed by atoms with Crippen molar-refractivity contribution in [3.63, 3.8) is 0 Å². The zero-order chi connectivity index (χ0) is 6.24. The molecule has 0 bridgehead atoms. The molecule has 0 aromatic heterocycles. The van der Waals surface area contributed by atoms with Crippen molar-refractivity contribution in [3.8, 4) is 0 Å². The molecule has 8 heavy (non-hydrogen) atoms. The average molecular weight is 116 g/mol. The highest BCUT2D eigenvalue weighted by Gasteiger charge is 1.92. The minimum atomic E-state index is 1.07. The van der Waals surface area contributed by atoms with E-state index in [-0.39, 0.29) is 0 Å². The van der Waals surface area contributed by atoms with Crippen LogP contribution < -0.4 is 10.6 Å². The summed E-state index contributed by atoms with van der Waals surface area (Å²) in [6.45, 7) is 5.64. The monoisotopic (exact) mass is 116 g/mol. The lowest BCUT2D eigenvalue weighted by Crippen LogP contribution is -2.29. The Morgan fingerprint density at radius 2 is 1.75 bits per heavy atom. The molecule has 2 N–H and O–H groups in total. The van der Waals surface area contributed by atoms with Gasteiger partial charge in [-0.1, -0.05) is 6.92 Å². The predicted molar refractivity (Wildman–Crippen MR) is 37.1 cm³/mol. The summed E-state index contributed by atoms with van der Waals surface area (Å²) in [6.07, 6.45) is 1.39. The average Bonchev–Trinajstić information content (AvgIpc) is 1.61. The van der Waals surface area contributed by atoms with Gasteiger partial charge in [-0.3, -0.25) is 0 Å². The third kappa shape index (κ3) is 5.92. The molecule has 0 aliphatic carbocycles. The molecule has 1 heterocycles. The highest BCUT2D eigenvalue weighted by atomic mass is 14.9. The molecule has 1 fully saturated rings. The van der Waals surface area contributed by atoms with Gasteiger partial charge in [0, 0.05) is 0 Å². The largest absolute Gasteiger partial charge is 0.320 e. The van der Waals surface area contributed by atoms with E-state index in [2.05, 4.69) is 17.6 Å². The van der Waals surface area contributed by atoms with Crippen molar-refractivity contribution in [1.82, 2.24) is 10.6 Å². The molecule has 1 aliphatic heterocycles. The van der Waals surface area contributed by atoms with E-state index in [1.54, 1.807) is 0 Å². The van der Waals surface area contributed by atoms with Crippen LogP contribution in [0, 0.1) is 0 Å². The third-order valence-electron chi connectivity index (χ3n) is 1.06. The predicted octanol–water partition coefficient (Wildman–Crippen LogP) is 0.205. The van der Waals surface area contributed by atoms with Gasteiger partial charge in [-0.2, -0.15) is 0 Å². The molecule has 0 saturated carbocycles. The Morgan fingerprint density at radius 3 is 1.75 bits per heavy atom. The van der Waals surface area contributed by atoms with E-state index < -0.39 is 0 Å². The van der Waals surface area contributed by atoms with Gasteiger partial charge in [0.15, 0.2) is 0 Å². The van der Waals surface area contributed by atoms with Gasteiger partial charge in [-0.25, -0.2) is 0 Å². The van der Waals surface area contributed by atoms with Crippen molar-refractivity contribution in [2.24, 2.45) is 0 Å². The van der Waals surface area contributed by atoms with Gasteiger partial charge in [0.05, 0.1) is 0 Å². The molecule has 0 aromatic carbocycles. The molecule has 1 saturated heterocycles. The molecule has 2 heteroatoms. The van der Waals surface area contributed by atoms with Gasteiger partial charge < -0.3 is 10.6 Å². The summed E-state index contributed by atoms with van der Waals surface area (Å²) < 4.78 is 0. The van der Waals surface area contributed by atoms with Crippen LogP contribution in [0.2, 0.25) is 0 Å². The maximum absolute atomic E-state index is 3.11. The molecule has 0 amide bonds. The van der Waals surface area contributed by atoms with Crippen LogP contribution >= 0.6 is 0 Å². The van der Waals surface area contributed by atoms with Gasteiger partial charge in [-0.15, -0.1) is 0 Å². The van der Waals surface area contributed by atoms with Crippen LogP contribution in [-0.2, 0) is 0 Å². The second-order valence-electron chi connectivity index (χ2n) is 1.81. The fourth-order valence-corrected chi connectivity index (χ4v) is 0.177. The Labute approximate surface area is 51.7 Å². The Bertz CT molecular complexity index is 27.5. The Morgan fingerprint density at radius 1 is 1.50 bits per heavy atom. The molecule has 1 aliphatic rings. The van der Waals surface area contributed by atoms with Crippen molar-refractivity contribution in [1.29, 1.82) is 0 Å². The van der Waals surface area contributed by atoms with Gasteiger partial charge in [-0.05, 0) is 33.1 Å². The first kappa shape index (κ1) is 7.92. The molecule has 2 nitrogen and oxygen atoms in total. The number of nitrogens with one attached hydrogen (secondary N) is 2. The number of hydrogen-bond acceptors (Lipinski definition) is 2. The fraction of sp³-hybridized carbons (Fsp3) is 1.00. The molecule has 0 atom stereocenters. The van der Waals surface area contributed by atoms with Crippen LogP contribution in [0.5, 0.6) is 0 Å². The van der Waals surface area contributed by atoms with Crippen LogP contribution in [0.3, 0.4) is 0 Å². The van der Waals surface area contributed by atoms with E-state index in [4.69, 9.17) is 0 Å². The smallest absolute Gasteiger partial charge is 0.00368 e. The van der Waals surface area contributed by atoms with Gasteiger partial charge in [0.25, 0.3) is 0 Å². The third-order valence-corrected chi connectivity index (χ3v) is 1.06. The first-order valence-corrected chi connectivity index (χ1v) is 3.27. The lowest BCUT2D eigenvalue weighted by molar-refractivity contribution is 0.527.